The van der Waals surface area contributed by atoms with Crippen LogP contribution in [-0.2, 0) is 4.79 Å². The summed E-state index contributed by atoms with van der Waals surface area (Å²) in [5.74, 6) is 0.972. The molecule has 0 aliphatic heterocycles. The first-order valence-corrected chi connectivity index (χ1v) is 4.05. The van der Waals surface area contributed by atoms with Crippen molar-refractivity contribution in [1.29, 1.82) is 0 Å². The number of hydrogen-bond donors (Lipinski definition) is 0. The summed E-state index contributed by atoms with van der Waals surface area (Å²) in [4.78, 5) is 11.2. The fourth-order valence-corrected chi connectivity index (χ4v) is 1.70. The van der Waals surface area contributed by atoms with Crippen LogP contribution in [0.1, 0.15) is 19.3 Å². The van der Waals surface area contributed by atoms with E-state index >= 15 is 0 Å². The zero-order valence-electron chi connectivity index (χ0n) is 6.75. The number of Topliss-reactive ketones (excluding diaryl/α,β-unsaturated/α-hetero) is 1. The van der Waals surface area contributed by atoms with Gasteiger partial charge < -0.3 is 0 Å². The van der Waals surface area contributed by atoms with Gasteiger partial charge in [-0.05, 0) is 18.8 Å². The maximum Gasteiger partial charge on any atom is 0.136 e. The smallest absolute Gasteiger partial charge is 0.136 e. The average Bonchev–Trinajstić information content (AvgIpc) is 2.34. The van der Waals surface area contributed by atoms with Crippen molar-refractivity contribution in [1.82, 2.24) is 0 Å². The van der Waals surface area contributed by atoms with Crippen LogP contribution in [0.4, 0.5) is 0 Å². The summed E-state index contributed by atoms with van der Waals surface area (Å²) in [5.41, 5.74) is 0. The van der Waals surface area contributed by atoms with E-state index in [0.29, 0.717) is 11.7 Å². The van der Waals surface area contributed by atoms with Gasteiger partial charge in [-0.15, -0.1) is 13.2 Å². The largest absolute Gasteiger partial charge is 0.299 e. The molecule has 0 bridgehead atoms. The van der Waals surface area contributed by atoms with E-state index in [9.17, 15) is 4.79 Å². The van der Waals surface area contributed by atoms with Gasteiger partial charge in [0.05, 0.1) is 0 Å². The molecular formula is C10H14O. The van der Waals surface area contributed by atoms with Crippen LogP contribution in [0.15, 0.2) is 25.3 Å². The second-order valence-electron chi connectivity index (χ2n) is 3.04. The van der Waals surface area contributed by atoms with E-state index < -0.39 is 0 Å². The van der Waals surface area contributed by atoms with Crippen molar-refractivity contribution in [2.75, 3.05) is 0 Å². The predicted octanol–water partition coefficient (Wildman–Crippen LogP) is 2.34. The minimum atomic E-state index is 0.185. The molecule has 0 aromatic rings. The molecule has 1 rings (SSSR count). The molecule has 1 aliphatic carbocycles. The lowest BCUT2D eigenvalue weighted by atomic mass is 9.93. The van der Waals surface area contributed by atoms with E-state index in [1.807, 2.05) is 12.2 Å². The van der Waals surface area contributed by atoms with E-state index in [1.54, 1.807) is 0 Å². The van der Waals surface area contributed by atoms with E-state index in [-0.39, 0.29) is 5.92 Å². The van der Waals surface area contributed by atoms with Crippen molar-refractivity contribution in [3.8, 4) is 0 Å². The van der Waals surface area contributed by atoms with Crippen LogP contribution in [-0.4, -0.2) is 5.78 Å². The maximum atomic E-state index is 11.2. The van der Waals surface area contributed by atoms with Gasteiger partial charge in [0, 0.05) is 12.3 Å². The third-order valence-electron chi connectivity index (χ3n) is 2.38. The molecule has 60 valence electrons. The van der Waals surface area contributed by atoms with Gasteiger partial charge in [-0.1, -0.05) is 12.2 Å². The van der Waals surface area contributed by atoms with Crippen molar-refractivity contribution in [3.05, 3.63) is 25.3 Å². The SMILES string of the molecule is C=CC[C@@H]1C(=O)CC[C@H]1C=C. The van der Waals surface area contributed by atoms with Crippen LogP contribution in [0.2, 0.25) is 0 Å². The van der Waals surface area contributed by atoms with Crippen molar-refractivity contribution < 1.29 is 4.79 Å². The first-order chi connectivity index (χ1) is 5.29. The molecule has 0 N–H and O–H groups in total. The third kappa shape index (κ3) is 1.59. The lowest BCUT2D eigenvalue weighted by Gasteiger charge is -2.10. The van der Waals surface area contributed by atoms with Crippen LogP contribution in [0, 0.1) is 11.8 Å². The minimum absolute atomic E-state index is 0.185. The highest BCUT2D eigenvalue weighted by Crippen LogP contribution is 2.31. The van der Waals surface area contributed by atoms with Gasteiger partial charge in [0.2, 0.25) is 0 Å². The number of hydrogen-bond acceptors (Lipinski definition) is 1. The highest BCUT2D eigenvalue weighted by molar-refractivity contribution is 5.83. The van der Waals surface area contributed by atoms with Gasteiger partial charge in [-0.25, -0.2) is 0 Å². The third-order valence-corrected chi connectivity index (χ3v) is 2.38. The molecule has 0 amide bonds. The Morgan fingerprint density at radius 1 is 1.55 bits per heavy atom. The first-order valence-electron chi connectivity index (χ1n) is 4.05. The van der Waals surface area contributed by atoms with Crippen LogP contribution in [0.3, 0.4) is 0 Å². The number of ketones is 1. The van der Waals surface area contributed by atoms with Gasteiger partial charge >= 0.3 is 0 Å². The number of carbonyl (C=O) groups excluding carboxylic acids is 1. The molecule has 0 saturated heterocycles. The van der Waals surface area contributed by atoms with Crippen LogP contribution in [0.5, 0.6) is 0 Å². The Bertz CT molecular complexity index is 181. The Balaban J connectivity index is 2.62. The topological polar surface area (TPSA) is 17.1 Å². The Morgan fingerprint density at radius 3 is 2.82 bits per heavy atom. The molecule has 0 radical (unpaired) electrons. The molecule has 1 fully saturated rings. The molecule has 1 heteroatoms. The van der Waals surface area contributed by atoms with Crippen molar-refractivity contribution in [2.24, 2.45) is 11.8 Å². The fraction of sp³-hybridized carbons (Fsp3) is 0.500. The van der Waals surface area contributed by atoms with Gasteiger partial charge in [0.1, 0.15) is 5.78 Å². The van der Waals surface area contributed by atoms with Crippen LogP contribution >= 0.6 is 0 Å². The van der Waals surface area contributed by atoms with Crippen molar-refractivity contribution >= 4 is 5.78 Å². The summed E-state index contributed by atoms with van der Waals surface area (Å²) >= 11 is 0. The zero-order valence-corrected chi connectivity index (χ0v) is 6.75. The Kier molecular flexibility index (Phi) is 2.64. The lowest BCUT2D eigenvalue weighted by Crippen LogP contribution is -2.11. The average molecular weight is 150 g/mol. The lowest BCUT2D eigenvalue weighted by molar-refractivity contribution is -0.120. The highest BCUT2D eigenvalue weighted by Gasteiger charge is 2.30. The summed E-state index contributed by atoms with van der Waals surface area (Å²) in [6, 6.07) is 0. The summed E-state index contributed by atoms with van der Waals surface area (Å²) in [7, 11) is 0. The molecule has 0 aromatic carbocycles. The van der Waals surface area contributed by atoms with Gasteiger partial charge in [-0.3, -0.25) is 4.79 Å². The number of allylic oxidation sites excluding steroid dienone is 2. The van der Waals surface area contributed by atoms with E-state index in [1.165, 1.54) is 0 Å². The van der Waals surface area contributed by atoms with Gasteiger partial charge in [0.15, 0.2) is 0 Å². The molecule has 0 aromatic heterocycles. The summed E-state index contributed by atoms with van der Waals surface area (Å²) in [6.45, 7) is 7.36. The van der Waals surface area contributed by atoms with Gasteiger partial charge in [-0.2, -0.15) is 0 Å². The minimum Gasteiger partial charge on any atom is -0.299 e. The Hall–Kier alpha value is -0.850. The van der Waals surface area contributed by atoms with Gasteiger partial charge in [0.25, 0.3) is 0 Å². The molecular weight excluding hydrogens is 136 g/mol. The molecule has 1 saturated carbocycles. The van der Waals surface area contributed by atoms with E-state index in [0.717, 1.165) is 19.3 Å². The molecule has 1 aliphatic rings. The van der Waals surface area contributed by atoms with E-state index in [2.05, 4.69) is 13.2 Å². The fourth-order valence-electron chi connectivity index (χ4n) is 1.70. The highest BCUT2D eigenvalue weighted by atomic mass is 16.1. The standard InChI is InChI=1S/C10H14O/c1-3-5-9-8(4-2)6-7-10(9)11/h3-4,8-9H,1-2,5-7H2/t8-,9+/m1/s1. The molecule has 0 heterocycles. The maximum absolute atomic E-state index is 11.2. The molecule has 2 atom stereocenters. The Morgan fingerprint density at radius 2 is 2.27 bits per heavy atom. The second-order valence-corrected chi connectivity index (χ2v) is 3.04. The van der Waals surface area contributed by atoms with Crippen molar-refractivity contribution in [3.63, 3.8) is 0 Å². The molecule has 11 heavy (non-hydrogen) atoms. The number of carbonyl (C=O) groups is 1. The monoisotopic (exact) mass is 150 g/mol. The van der Waals surface area contributed by atoms with E-state index in [4.69, 9.17) is 0 Å². The van der Waals surface area contributed by atoms with Crippen LogP contribution < -0.4 is 0 Å². The predicted molar refractivity (Wildman–Crippen MR) is 46.2 cm³/mol. The zero-order chi connectivity index (χ0) is 8.27. The van der Waals surface area contributed by atoms with Crippen LogP contribution in [0.25, 0.3) is 0 Å². The normalized spacial score (nSPS) is 30.4. The number of rotatable bonds is 3. The van der Waals surface area contributed by atoms with Crippen molar-refractivity contribution in [2.45, 2.75) is 19.3 Å². The second kappa shape index (κ2) is 3.51. The Labute approximate surface area is 67.8 Å². The summed E-state index contributed by atoms with van der Waals surface area (Å²) < 4.78 is 0. The molecule has 0 spiro atoms. The first kappa shape index (κ1) is 8.25. The quantitative estimate of drug-likeness (QED) is 0.564. The summed E-state index contributed by atoms with van der Waals surface area (Å²) in [6.07, 6.45) is 6.26. The molecule has 0 unspecified atom stereocenters. The molecule has 1 nitrogen and oxygen atoms in total. The summed E-state index contributed by atoms with van der Waals surface area (Å²) in [5, 5.41) is 0.